The lowest BCUT2D eigenvalue weighted by Crippen LogP contribution is -2.12. The molecule has 1 aromatic carbocycles. The van der Waals surface area contributed by atoms with Gasteiger partial charge in [-0.05, 0) is 5.92 Å². The van der Waals surface area contributed by atoms with Crippen LogP contribution in [0.3, 0.4) is 0 Å². The lowest BCUT2D eigenvalue weighted by molar-refractivity contribution is 0.619. The van der Waals surface area contributed by atoms with Gasteiger partial charge in [0.2, 0.25) is 0 Å². The van der Waals surface area contributed by atoms with Crippen LogP contribution < -0.4 is 5.56 Å². The van der Waals surface area contributed by atoms with Gasteiger partial charge in [0.25, 0.3) is 5.56 Å². The summed E-state index contributed by atoms with van der Waals surface area (Å²) < 4.78 is 0. The highest BCUT2D eigenvalue weighted by Gasteiger charge is 2.05. The van der Waals surface area contributed by atoms with Gasteiger partial charge in [-0.1, -0.05) is 44.2 Å². The van der Waals surface area contributed by atoms with Crippen molar-refractivity contribution in [3.8, 4) is 11.3 Å². The van der Waals surface area contributed by atoms with Crippen molar-refractivity contribution < 1.29 is 0 Å². The SMILES string of the molecule is CC(C)Cc1nc(-c2ccccc2)cc(=O)[nH]1. The molecule has 1 aromatic heterocycles. The van der Waals surface area contributed by atoms with Gasteiger partial charge in [0.05, 0.1) is 5.69 Å². The Hall–Kier alpha value is -1.90. The Morgan fingerprint density at radius 2 is 1.94 bits per heavy atom. The average molecular weight is 228 g/mol. The van der Waals surface area contributed by atoms with Crippen LogP contribution in [0.2, 0.25) is 0 Å². The molecule has 17 heavy (non-hydrogen) atoms. The van der Waals surface area contributed by atoms with Gasteiger partial charge in [0, 0.05) is 18.1 Å². The number of aromatic nitrogens is 2. The summed E-state index contributed by atoms with van der Waals surface area (Å²) in [6.45, 7) is 4.21. The first-order valence-electron chi connectivity index (χ1n) is 5.81. The summed E-state index contributed by atoms with van der Waals surface area (Å²) in [7, 11) is 0. The molecule has 2 aromatic rings. The van der Waals surface area contributed by atoms with E-state index in [9.17, 15) is 4.79 Å². The number of nitrogens with zero attached hydrogens (tertiary/aromatic N) is 1. The van der Waals surface area contributed by atoms with E-state index >= 15 is 0 Å². The number of rotatable bonds is 3. The van der Waals surface area contributed by atoms with Crippen molar-refractivity contribution in [2.24, 2.45) is 5.92 Å². The molecule has 0 unspecified atom stereocenters. The van der Waals surface area contributed by atoms with E-state index in [4.69, 9.17) is 0 Å². The molecular formula is C14H16N2O. The predicted molar refractivity (Wildman–Crippen MR) is 68.8 cm³/mol. The highest BCUT2D eigenvalue weighted by molar-refractivity contribution is 5.58. The third kappa shape index (κ3) is 3.03. The van der Waals surface area contributed by atoms with Gasteiger partial charge in [-0.25, -0.2) is 4.98 Å². The van der Waals surface area contributed by atoms with Crippen molar-refractivity contribution in [2.75, 3.05) is 0 Å². The van der Waals surface area contributed by atoms with E-state index in [0.29, 0.717) is 5.92 Å². The van der Waals surface area contributed by atoms with E-state index in [-0.39, 0.29) is 5.56 Å². The van der Waals surface area contributed by atoms with Gasteiger partial charge in [0.15, 0.2) is 0 Å². The molecule has 2 rings (SSSR count). The number of H-pyrrole nitrogens is 1. The zero-order valence-electron chi connectivity index (χ0n) is 10.1. The van der Waals surface area contributed by atoms with Gasteiger partial charge in [-0.15, -0.1) is 0 Å². The Kier molecular flexibility index (Phi) is 3.38. The van der Waals surface area contributed by atoms with Crippen LogP contribution in [-0.2, 0) is 6.42 Å². The number of nitrogens with one attached hydrogen (secondary N) is 1. The molecule has 0 radical (unpaired) electrons. The fourth-order valence-corrected chi connectivity index (χ4v) is 1.75. The monoisotopic (exact) mass is 228 g/mol. The highest BCUT2D eigenvalue weighted by atomic mass is 16.1. The second-order valence-electron chi connectivity index (χ2n) is 4.54. The van der Waals surface area contributed by atoms with E-state index < -0.39 is 0 Å². The molecule has 3 nitrogen and oxygen atoms in total. The van der Waals surface area contributed by atoms with Crippen molar-refractivity contribution in [1.82, 2.24) is 9.97 Å². The van der Waals surface area contributed by atoms with Crippen molar-refractivity contribution >= 4 is 0 Å². The lowest BCUT2D eigenvalue weighted by atomic mass is 10.1. The number of hydrogen-bond donors (Lipinski definition) is 1. The van der Waals surface area contributed by atoms with Crippen molar-refractivity contribution in [2.45, 2.75) is 20.3 Å². The second kappa shape index (κ2) is 4.95. The Morgan fingerprint density at radius 3 is 2.59 bits per heavy atom. The molecule has 88 valence electrons. The fraction of sp³-hybridized carbons (Fsp3) is 0.286. The summed E-state index contributed by atoms with van der Waals surface area (Å²) >= 11 is 0. The maximum Gasteiger partial charge on any atom is 0.251 e. The third-order valence-electron chi connectivity index (χ3n) is 2.46. The number of aromatic amines is 1. The predicted octanol–water partition coefficient (Wildman–Crippen LogP) is 2.64. The zero-order valence-corrected chi connectivity index (χ0v) is 10.1. The lowest BCUT2D eigenvalue weighted by Gasteiger charge is -2.06. The summed E-state index contributed by atoms with van der Waals surface area (Å²) in [4.78, 5) is 18.8. The molecule has 0 bridgehead atoms. The summed E-state index contributed by atoms with van der Waals surface area (Å²) in [6, 6.07) is 11.3. The van der Waals surface area contributed by atoms with Gasteiger partial charge < -0.3 is 4.98 Å². The van der Waals surface area contributed by atoms with E-state index in [1.807, 2.05) is 30.3 Å². The summed E-state index contributed by atoms with van der Waals surface area (Å²) in [5.41, 5.74) is 1.63. The van der Waals surface area contributed by atoms with Gasteiger partial charge in [-0.2, -0.15) is 0 Å². The molecule has 1 N–H and O–H groups in total. The van der Waals surface area contributed by atoms with Gasteiger partial charge >= 0.3 is 0 Å². The molecular weight excluding hydrogens is 212 g/mol. The number of benzene rings is 1. The van der Waals surface area contributed by atoms with Crippen LogP contribution in [0.15, 0.2) is 41.2 Å². The zero-order chi connectivity index (χ0) is 12.3. The van der Waals surface area contributed by atoms with E-state index in [2.05, 4.69) is 23.8 Å². The molecule has 0 saturated heterocycles. The van der Waals surface area contributed by atoms with E-state index in [1.165, 1.54) is 0 Å². The molecule has 0 amide bonds. The van der Waals surface area contributed by atoms with Gasteiger partial charge in [0.1, 0.15) is 5.82 Å². The molecule has 0 aliphatic carbocycles. The maximum absolute atomic E-state index is 11.6. The van der Waals surface area contributed by atoms with Gasteiger partial charge in [-0.3, -0.25) is 4.79 Å². The minimum Gasteiger partial charge on any atom is -0.311 e. The molecule has 0 atom stereocenters. The van der Waals surface area contributed by atoms with E-state index in [1.54, 1.807) is 6.07 Å². The Morgan fingerprint density at radius 1 is 1.24 bits per heavy atom. The molecule has 0 aliphatic rings. The minimum absolute atomic E-state index is 0.0884. The van der Waals surface area contributed by atoms with Crippen molar-refractivity contribution in [3.63, 3.8) is 0 Å². The van der Waals surface area contributed by atoms with Crippen LogP contribution in [-0.4, -0.2) is 9.97 Å². The summed E-state index contributed by atoms with van der Waals surface area (Å²) in [5.74, 6) is 1.23. The standard InChI is InChI=1S/C14H16N2O/c1-10(2)8-13-15-12(9-14(17)16-13)11-6-4-3-5-7-11/h3-7,9-10H,8H2,1-2H3,(H,15,16,17). The Balaban J connectivity index is 2.42. The molecule has 0 fully saturated rings. The third-order valence-corrected chi connectivity index (χ3v) is 2.46. The second-order valence-corrected chi connectivity index (χ2v) is 4.54. The van der Waals surface area contributed by atoms with Crippen LogP contribution in [0.1, 0.15) is 19.7 Å². The van der Waals surface area contributed by atoms with E-state index in [0.717, 1.165) is 23.5 Å². The normalized spacial score (nSPS) is 10.8. The quantitative estimate of drug-likeness (QED) is 0.877. The number of hydrogen-bond acceptors (Lipinski definition) is 2. The average Bonchev–Trinajstić information content (AvgIpc) is 2.28. The van der Waals surface area contributed by atoms with Crippen LogP contribution in [0.25, 0.3) is 11.3 Å². The van der Waals surface area contributed by atoms with Crippen LogP contribution in [0, 0.1) is 5.92 Å². The van der Waals surface area contributed by atoms with Crippen LogP contribution in [0.5, 0.6) is 0 Å². The molecule has 0 aliphatic heterocycles. The largest absolute Gasteiger partial charge is 0.311 e. The molecule has 0 spiro atoms. The Labute approximate surface area is 101 Å². The first-order chi connectivity index (χ1) is 8.15. The van der Waals surface area contributed by atoms with Crippen LogP contribution in [0.4, 0.5) is 0 Å². The minimum atomic E-state index is -0.0884. The smallest absolute Gasteiger partial charge is 0.251 e. The first kappa shape index (κ1) is 11.6. The Bertz CT molecular complexity index is 544. The summed E-state index contributed by atoms with van der Waals surface area (Å²) in [6.07, 6.45) is 0.788. The van der Waals surface area contributed by atoms with Crippen molar-refractivity contribution in [1.29, 1.82) is 0 Å². The first-order valence-corrected chi connectivity index (χ1v) is 5.81. The van der Waals surface area contributed by atoms with Crippen molar-refractivity contribution in [3.05, 3.63) is 52.6 Å². The highest BCUT2D eigenvalue weighted by Crippen LogP contribution is 2.14. The summed E-state index contributed by atoms with van der Waals surface area (Å²) in [5, 5.41) is 0. The van der Waals surface area contributed by atoms with Crippen LogP contribution >= 0.6 is 0 Å². The fourth-order valence-electron chi connectivity index (χ4n) is 1.75. The maximum atomic E-state index is 11.6. The topological polar surface area (TPSA) is 45.8 Å². The molecule has 1 heterocycles. The molecule has 0 saturated carbocycles. The molecule has 3 heteroatoms.